The van der Waals surface area contributed by atoms with Gasteiger partial charge in [0.25, 0.3) is 5.56 Å². The predicted octanol–water partition coefficient (Wildman–Crippen LogP) is 2.74. The molecule has 2 nitrogen and oxygen atoms in total. The Kier molecular flexibility index (Phi) is 2.82. The third kappa shape index (κ3) is 1.87. The zero-order valence-corrected chi connectivity index (χ0v) is 10.0. The van der Waals surface area contributed by atoms with E-state index in [0.717, 1.165) is 22.9 Å². The zero-order chi connectivity index (χ0) is 11.7. The van der Waals surface area contributed by atoms with E-state index in [1.165, 1.54) is 0 Å². The highest BCUT2D eigenvalue weighted by atomic mass is 16.1. The highest BCUT2D eigenvalue weighted by molar-refractivity contribution is 5.79. The summed E-state index contributed by atoms with van der Waals surface area (Å²) >= 11 is 0. The Hall–Kier alpha value is -1.57. The molecule has 0 N–H and O–H groups in total. The maximum Gasteiger partial charge on any atom is 0.253 e. The third-order valence-corrected chi connectivity index (χ3v) is 2.84. The van der Waals surface area contributed by atoms with Crippen LogP contribution in [0.3, 0.4) is 0 Å². The molecule has 1 aromatic carbocycles. The number of benzene rings is 1. The molecule has 1 aromatic heterocycles. The van der Waals surface area contributed by atoms with Crippen molar-refractivity contribution in [2.75, 3.05) is 0 Å². The van der Waals surface area contributed by atoms with Gasteiger partial charge in [-0.3, -0.25) is 4.79 Å². The summed E-state index contributed by atoms with van der Waals surface area (Å²) in [6.45, 7) is 4.27. The Bertz CT molecular complexity index is 566. The van der Waals surface area contributed by atoms with Gasteiger partial charge >= 0.3 is 0 Å². The third-order valence-electron chi connectivity index (χ3n) is 2.84. The monoisotopic (exact) mass is 215 g/mol. The summed E-state index contributed by atoms with van der Waals surface area (Å²) in [6.07, 6.45) is 0.845. The molecule has 0 saturated heterocycles. The van der Waals surface area contributed by atoms with Crippen LogP contribution < -0.4 is 5.56 Å². The van der Waals surface area contributed by atoms with E-state index in [4.69, 9.17) is 0 Å². The Balaban J connectivity index is 2.69. The van der Waals surface area contributed by atoms with Crippen LogP contribution in [-0.4, -0.2) is 4.57 Å². The van der Waals surface area contributed by atoms with Crippen LogP contribution >= 0.6 is 0 Å². The van der Waals surface area contributed by atoms with E-state index in [0.29, 0.717) is 5.92 Å². The molecule has 0 spiro atoms. The lowest BCUT2D eigenvalue weighted by molar-refractivity contribution is 0.638. The maximum atomic E-state index is 12.1. The summed E-state index contributed by atoms with van der Waals surface area (Å²) in [7, 11) is 1.84. The molecule has 0 saturated carbocycles. The normalized spacial score (nSPS) is 11.2. The topological polar surface area (TPSA) is 22.0 Å². The quantitative estimate of drug-likeness (QED) is 0.755. The van der Waals surface area contributed by atoms with Gasteiger partial charge in [0.05, 0.1) is 5.52 Å². The van der Waals surface area contributed by atoms with Gasteiger partial charge < -0.3 is 4.57 Å². The fourth-order valence-electron chi connectivity index (χ4n) is 2.08. The molecule has 84 valence electrons. The van der Waals surface area contributed by atoms with Gasteiger partial charge in [0.2, 0.25) is 0 Å². The molecule has 2 aromatic rings. The number of nitrogens with zero attached hydrogens (tertiary/aromatic N) is 1. The number of aromatic nitrogens is 1. The van der Waals surface area contributed by atoms with Crippen LogP contribution in [0.2, 0.25) is 0 Å². The summed E-state index contributed by atoms with van der Waals surface area (Å²) in [5, 5.41) is 1.14. The molecule has 2 heteroatoms. The summed E-state index contributed by atoms with van der Waals surface area (Å²) in [6, 6.07) is 10.0. The number of rotatable bonds is 2. The first-order chi connectivity index (χ1) is 7.59. The Labute approximate surface area is 95.5 Å². The van der Waals surface area contributed by atoms with Gasteiger partial charge in [0, 0.05) is 12.6 Å². The van der Waals surface area contributed by atoms with Crippen molar-refractivity contribution in [3.05, 3.63) is 46.2 Å². The van der Waals surface area contributed by atoms with Crippen LogP contribution in [0.15, 0.2) is 35.1 Å². The lowest BCUT2D eigenvalue weighted by Crippen LogP contribution is -2.22. The van der Waals surface area contributed by atoms with Gasteiger partial charge in [-0.25, -0.2) is 0 Å². The van der Waals surface area contributed by atoms with E-state index in [1.54, 1.807) is 4.57 Å². The fourth-order valence-corrected chi connectivity index (χ4v) is 2.08. The number of pyridine rings is 1. The van der Waals surface area contributed by atoms with Gasteiger partial charge in [-0.15, -0.1) is 0 Å². The molecule has 0 aliphatic carbocycles. The molecule has 0 unspecified atom stereocenters. The van der Waals surface area contributed by atoms with Crippen LogP contribution in [-0.2, 0) is 13.5 Å². The zero-order valence-electron chi connectivity index (χ0n) is 10.0. The van der Waals surface area contributed by atoms with Crippen molar-refractivity contribution in [1.29, 1.82) is 0 Å². The molecule has 2 rings (SSSR count). The Morgan fingerprint density at radius 2 is 1.94 bits per heavy atom. The van der Waals surface area contributed by atoms with E-state index >= 15 is 0 Å². The lowest BCUT2D eigenvalue weighted by Gasteiger charge is -2.09. The first-order valence-corrected chi connectivity index (χ1v) is 5.67. The van der Waals surface area contributed by atoms with Crippen molar-refractivity contribution >= 4 is 10.9 Å². The van der Waals surface area contributed by atoms with Crippen LogP contribution in [0.1, 0.15) is 19.4 Å². The second-order valence-corrected chi connectivity index (χ2v) is 4.69. The standard InChI is InChI=1S/C14H17NO/c1-10(2)8-12-9-11-6-4-5-7-13(11)15(3)14(12)16/h4-7,9-10H,8H2,1-3H3. The van der Waals surface area contributed by atoms with Gasteiger partial charge in [0.15, 0.2) is 0 Å². The molecule has 0 amide bonds. The molecule has 0 radical (unpaired) electrons. The molecular formula is C14H17NO. The maximum absolute atomic E-state index is 12.1. The van der Waals surface area contributed by atoms with E-state index in [1.807, 2.05) is 31.3 Å². The van der Waals surface area contributed by atoms with Crippen molar-refractivity contribution < 1.29 is 0 Å². The van der Waals surface area contributed by atoms with Crippen LogP contribution in [0.4, 0.5) is 0 Å². The highest BCUT2D eigenvalue weighted by Crippen LogP contribution is 2.14. The summed E-state index contributed by atoms with van der Waals surface area (Å²) in [4.78, 5) is 12.1. The van der Waals surface area contributed by atoms with Crippen molar-refractivity contribution in [2.24, 2.45) is 13.0 Å². The SMILES string of the molecule is CC(C)Cc1cc2ccccc2n(C)c1=O. The first kappa shape index (κ1) is 10.9. The van der Waals surface area contributed by atoms with E-state index < -0.39 is 0 Å². The molecule has 0 aliphatic rings. The second-order valence-electron chi connectivity index (χ2n) is 4.69. The number of para-hydroxylation sites is 1. The average Bonchev–Trinajstić information content (AvgIpc) is 2.25. The van der Waals surface area contributed by atoms with Crippen molar-refractivity contribution in [3.8, 4) is 0 Å². The van der Waals surface area contributed by atoms with Gasteiger partial charge in [-0.1, -0.05) is 32.0 Å². The smallest absolute Gasteiger partial charge is 0.253 e. The lowest BCUT2D eigenvalue weighted by atomic mass is 10.0. The van der Waals surface area contributed by atoms with Crippen LogP contribution in [0, 0.1) is 5.92 Å². The molecular weight excluding hydrogens is 198 g/mol. The van der Waals surface area contributed by atoms with Gasteiger partial charge in [-0.05, 0) is 29.9 Å². The van der Waals surface area contributed by atoms with Crippen molar-refractivity contribution in [2.45, 2.75) is 20.3 Å². The first-order valence-electron chi connectivity index (χ1n) is 5.67. The van der Waals surface area contributed by atoms with Crippen molar-refractivity contribution in [1.82, 2.24) is 4.57 Å². The van der Waals surface area contributed by atoms with Gasteiger partial charge in [-0.2, -0.15) is 0 Å². The minimum atomic E-state index is 0.132. The fraction of sp³-hybridized carbons (Fsp3) is 0.357. The number of fused-ring (bicyclic) bond motifs is 1. The number of aryl methyl sites for hydroxylation is 1. The molecule has 0 atom stereocenters. The molecule has 0 aliphatic heterocycles. The summed E-state index contributed by atoms with van der Waals surface area (Å²) in [5.41, 5.74) is 2.05. The summed E-state index contributed by atoms with van der Waals surface area (Å²) < 4.78 is 1.74. The van der Waals surface area contributed by atoms with E-state index in [-0.39, 0.29) is 5.56 Å². The van der Waals surface area contributed by atoms with Crippen molar-refractivity contribution in [3.63, 3.8) is 0 Å². The molecule has 16 heavy (non-hydrogen) atoms. The molecule has 0 fully saturated rings. The molecule has 0 bridgehead atoms. The minimum Gasteiger partial charge on any atom is -0.311 e. The largest absolute Gasteiger partial charge is 0.311 e. The predicted molar refractivity (Wildman–Crippen MR) is 67.7 cm³/mol. The van der Waals surface area contributed by atoms with Crippen LogP contribution in [0.5, 0.6) is 0 Å². The number of hydrogen-bond donors (Lipinski definition) is 0. The molecule has 1 heterocycles. The highest BCUT2D eigenvalue weighted by Gasteiger charge is 2.07. The number of hydrogen-bond acceptors (Lipinski definition) is 1. The Morgan fingerprint density at radius 3 is 2.62 bits per heavy atom. The van der Waals surface area contributed by atoms with E-state index in [9.17, 15) is 4.79 Å². The minimum absolute atomic E-state index is 0.132. The van der Waals surface area contributed by atoms with Gasteiger partial charge in [0.1, 0.15) is 0 Å². The average molecular weight is 215 g/mol. The summed E-state index contributed by atoms with van der Waals surface area (Å²) in [5.74, 6) is 0.508. The second kappa shape index (κ2) is 4.12. The van der Waals surface area contributed by atoms with E-state index in [2.05, 4.69) is 19.9 Å². The Morgan fingerprint density at radius 1 is 1.25 bits per heavy atom. The van der Waals surface area contributed by atoms with Crippen LogP contribution in [0.25, 0.3) is 10.9 Å².